The molecule has 1 heterocycles. The number of hydrogen-bond acceptors (Lipinski definition) is 4. The van der Waals surface area contributed by atoms with Crippen LogP contribution in [0.1, 0.15) is 26.3 Å². The van der Waals surface area contributed by atoms with Crippen LogP contribution in [-0.4, -0.2) is 31.8 Å². The number of hydrogen-bond donors (Lipinski definition) is 2. The topological polar surface area (TPSA) is 76.7 Å². The molecular formula is C18H22N2O4. The van der Waals surface area contributed by atoms with Crippen LogP contribution in [0.25, 0.3) is 6.08 Å². The van der Waals surface area contributed by atoms with E-state index in [1.54, 1.807) is 21.0 Å². The fourth-order valence-electron chi connectivity index (χ4n) is 2.56. The molecule has 24 heavy (non-hydrogen) atoms. The zero-order valence-corrected chi connectivity index (χ0v) is 14.3. The van der Waals surface area contributed by atoms with Gasteiger partial charge in [0.25, 0.3) is 0 Å². The van der Waals surface area contributed by atoms with Gasteiger partial charge in [0.05, 0.1) is 25.3 Å². The number of carbonyl (C=O) groups excluding carboxylic acids is 2. The predicted molar refractivity (Wildman–Crippen MR) is 91.4 cm³/mol. The molecule has 1 atom stereocenters. The van der Waals surface area contributed by atoms with E-state index in [0.29, 0.717) is 11.3 Å². The van der Waals surface area contributed by atoms with Gasteiger partial charge in [-0.05, 0) is 44.0 Å². The summed E-state index contributed by atoms with van der Waals surface area (Å²) in [6, 6.07) is 6.66. The van der Waals surface area contributed by atoms with E-state index >= 15 is 0 Å². The number of nitrogens with one attached hydrogen (secondary N) is 2. The summed E-state index contributed by atoms with van der Waals surface area (Å²) in [5.74, 6) is 0.331. The molecule has 0 bridgehead atoms. The maximum absolute atomic E-state index is 12.3. The maximum atomic E-state index is 12.3. The van der Waals surface area contributed by atoms with E-state index in [9.17, 15) is 9.59 Å². The zero-order valence-electron chi connectivity index (χ0n) is 14.3. The van der Waals surface area contributed by atoms with Gasteiger partial charge in [-0.3, -0.25) is 0 Å². The van der Waals surface area contributed by atoms with Gasteiger partial charge in [0.15, 0.2) is 0 Å². The number of benzene rings is 1. The van der Waals surface area contributed by atoms with Crippen LogP contribution in [0.4, 0.5) is 4.79 Å². The van der Waals surface area contributed by atoms with Gasteiger partial charge in [0.2, 0.25) is 0 Å². The lowest BCUT2D eigenvalue weighted by Gasteiger charge is -2.28. The van der Waals surface area contributed by atoms with Crippen LogP contribution < -0.4 is 15.4 Å². The number of rotatable bonds is 5. The number of carbonyl (C=O) groups is 2. The highest BCUT2D eigenvalue weighted by molar-refractivity contribution is 5.96. The molecule has 0 saturated carbocycles. The van der Waals surface area contributed by atoms with Crippen molar-refractivity contribution in [1.82, 2.24) is 10.6 Å². The second-order valence-electron chi connectivity index (χ2n) is 5.45. The Bertz CT molecular complexity index is 689. The molecule has 0 aliphatic carbocycles. The average Bonchev–Trinajstić information content (AvgIpc) is 2.54. The van der Waals surface area contributed by atoms with Gasteiger partial charge >= 0.3 is 12.0 Å². The molecule has 1 unspecified atom stereocenters. The number of ether oxygens (including phenoxy) is 2. The molecule has 0 fully saturated rings. The molecule has 2 amide bonds. The monoisotopic (exact) mass is 330 g/mol. The molecule has 1 aromatic carbocycles. The van der Waals surface area contributed by atoms with E-state index in [1.165, 1.54) is 0 Å². The van der Waals surface area contributed by atoms with Gasteiger partial charge in [0, 0.05) is 5.70 Å². The zero-order chi connectivity index (χ0) is 17.7. The smallest absolute Gasteiger partial charge is 0.338 e. The Morgan fingerprint density at radius 3 is 2.54 bits per heavy atom. The predicted octanol–water partition coefficient (Wildman–Crippen LogP) is 2.62. The van der Waals surface area contributed by atoms with Crippen molar-refractivity contribution in [2.75, 3.05) is 13.7 Å². The standard InChI is InChI=1S/C18H22N2O4/c1-5-24-17(21)15-12(3)19-18(22)20-16(15)11(2)10-13-6-8-14(23-4)9-7-13/h6-10,16H,5H2,1-4H3,(H2,19,20,22). The summed E-state index contributed by atoms with van der Waals surface area (Å²) in [6.07, 6.45) is 1.92. The number of amides is 2. The van der Waals surface area contributed by atoms with Crippen LogP contribution in [-0.2, 0) is 9.53 Å². The van der Waals surface area contributed by atoms with Crippen LogP contribution in [0.2, 0.25) is 0 Å². The fourth-order valence-corrected chi connectivity index (χ4v) is 2.56. The molecule has 0 spiro atoms. The molecule has 0 radical (unpaired) electrons. The highest BCUT2D eigenvalue weighted by atomic mass is 16.5. The van der Waals surface area contributed by atoms with Crippen LogP contribution in [0.3, 0.4) is 0 Å². The third-order valence-electron chi connectivity index (χ3n) is 3.73. The molecule has 6 nitrogen and oxygen atoms in total. The van der Waals surface area contributed by atoms with Crippen LogP contribution in [0.15, 0.2) is 41.1 Å². The Balaban J connectivity index is 2.34. The average molecular weight is 330 g/mol. The van der Waals surface area contributed by atoms with Crippen LogP contribution in [0.5, 0.6) is 5.75 Å². The molecule has 0 saturated heterocycles. The summed E-state index contributed by atoms with van der Waals surface area (Å²) in [7, 11) is 1.61. The first-order valence-corrected chi connectivity index (χ1v) is 7.74. The number of urea groups is 1. The Morgan fingerprint density at radius 1 is 1.29 bits per heavy atom. The lowest BCUT2D eigenvalue weighted by Crippen LogP contribution is -2.50. The van der Waals surface area contributed by atoms with E-state index in [1.807, 2.05) is 37.3 Å². The van der Waals surface area contributed by atoms with Gasteiger partial charge in [0.1, 0.15) is 5.75 Å². The Hall–Kier alpha value is -2.76. The maximum Gasteiger partial charge on any atom is 0.338 e. The van der Waals surface area contributed by atoms with E-state index in [-0.39, 0.29) is 12.6 Å². The Morgan fingerprint density at radius 2 is 1.96 bits per heavy atom. The normalized spacial score (nSPS) is 17.9. The number of allylic oxidation sites excluding steroid dienone is 1. The molecule has 2 N–H and O–H groups in total. The second-order valence-corrected chi connectivity index (χ2v) is 5.45. The van der Waals surface area contributed by atoms with Gasteiger partial charge < -0.3 is 20.1 Å². The number of methoxy groups -OCH3 is 1. The van der Waals surface area contributed by atoms with Crippen molar-refractivity contribution in [1.29, 1.82) is 0 Å². The van der Waals surface area contributed by atoms with Crippen molar-refractivity contribution in [2.24, 2.45) is 0 Å². The minimum atomic E-state index is -0.528. The molecule has 1 aromatic rings. The summed E-state index contributed by atoms with van der Waals surface area (Å²) in [4.78, 5) is 24.0. The summed E-state index contributed by atoms with van der Waals surface area (Å²) >= 11 is 0. The summed E-state index contributed by atoms with van der Waals surface area (Å²) in [6.45, 7) is 5.58. The van der Waals surface area contributed by atoms with E-state index in [4.69, 9.17) is 9.47 Å². The van der Waals surface area contributed by atoms with Gasteiger partial charge in [-0.1, -0.05) is 18.2 Å². The van der Waals surface area contributed by atoms with E-state index in [2.05, 4.69) is 10.6 Å². The van der Waals surface area contributed by atoms with Crippen LogP contribution >= 0.6 is 0 Å². The summed E-state index contributed by atoms with van der Waals surface area (Å²) in [5.41, 5.74) is 2.70. The third kappa shape index (κ3) is 3.95. The Kier molecular flexibility index (Phi) is 5.63. The molecule has 128 valence electrons. The van der Waals surface area contributed by atoms with E-state index in [0.717, 1.165) is 16.9 Å². The number of esters is 1. The molecule has 6 heteroatoms. The first-order valence-electron chi connectivity index (χ1n) is 7.74. The minimum Gasteiger partial charge on any atom is -0.497 e. The van der Waals surface area contributed by atoms with Gasteiger partial charge in [-0.2, -0.15) is 0 Å². The van der Waals surface area contributed by atoms with Crippen molar-refractivity contribution >= 4 is 18.1 Å². The highest BCUT2D eigenvalue weighted by Crippen LogP contribution is 2.22. The lowest BCUT2D eigenvalue weighted by molar-refractivity contribution is -0.138. The quantitative estimate of drug-likeness (QED) is 0.814. The van der Waals surface area contributed by atoms with Gasteiger partial charge in [-0.25, -0.2) is 9.59 Å². The van der Waals surface area contributed by atoms with Crippen molar-refractivity contribution in [2.45, 2.75) is 26.8 Å². The molecule has 1 aliphatic heterocycles. The first kappa shape index (κ1) is 17.6. The highest BCUT2D eigenvalue weighted by Gasteiger charge is 2.31. The van der Waals surface area contributed by atoms with Crippen molar-refractivity contribution in [3.05, 3.63) is 46.7 Å². The largest absolute Gasteiger partial charge is 0.497 e. The van der Waals surface area contributed by atoms with Crippen molar-refractivity contribution in [3.8, 4) is 5.75 Å². The van der Waals surface area contributed by atoms with Crippen molar-refractivity contribution in [3.63, 3.8) is 0 Å². The summed E-state index contributed by atoms with van der Waals surface area (Å²) in [5, 5.41) is 5.39. The molecule has 1 aliphatic rings. The molecule has 0 aromatic heterocycles. The fraction of sp³-hybridized carbons (Fsp3) is 0.333. The molecule has 2 rings (SSSR count). The van der Waals surface area contributed by atoms with E-state index < -0.39 is 12.0 Å². The second kappa shape index (κ2) is 7.68. The third-order valence-corrected chi connectivity index (χ3v) is 3.73. The van der Waals surface area contributed by atoms with Gasteiger partial charge in [-0.15, -0.1) is 0 Å². The summed E-state index contributed by atoms with van der Waals surface area (Å²) < 4.78 is 10.3. The minimum absolute atomic E-state index is 0.275. The van der Waals surface area contributed by atoms with Crippen LogP contribution in [0, 0.1) is 0 Å². The SMILES string of the molecule is CCOC(=O)C1=C(C)NC(=O)NC1C(C)=Cc1ccc(OC)cc1. The molecular weight excluding hydrogens is 308 g/mol. The van der Waals surface area contributed by atoms with Crippen molar-refractivity contribution < 1.29 is 19.1 Å². The lowest BCUT2D eigenvalue weighted by atomic mass is 9.95. The Labute approximate surface area is 141 Å². The first-order chi connectivity index (χ1) is 11.5.